The van der Waals surface area contributed by atoms with Crippen LogP contribution in [0.3, 0.4) is 0 Å². The highest BCUT2D eigenvalue weighted by Crippen LogP contribution is 2.15. The molecule has 7 nitrogen and oxygen atoms in total. The summed E-state index contributed by atoms with van der Waals surface area (Å²) in [6, 6.07) is 4.64. The van der Waals surface area contributed by atoms with E-state index in [0.29, 0.717) is 0 Å². The summed E-state index contributed by atoms with van der Waals surface area (Å²) >= 11 is 0. The third kappa shape index (κ3) is 3.61. The Kier molecular flexibility index (Phi) is 4.30. The first-order valence-electron chi connectivity index (χ1n) is 4.64. The predicted octanol–water partition coefficient (Wildman–Crippen LogP) is 0.574. The van der Waals surface area contributed by atoms with Crippen LogP contribution in [0.15, 0.2) is 34.2 Å². The molecular formula is C9H11N3O4S. The maximum absolute atomic E-state index is 11.6. The average Bonchev–Trinajstić information content (AvgIpc) is 2.29. The minimum absolute atomic E-state index is 0.0211. The molecular weight excluding hydrogens is 246 g/mol. The number of sulfonamides is 1. The number of rotatable bonds is 6. The average molecular weight is 257 g/mol. The highest BCUT2D eigenvalue weighted by atomic mass is 32.2. The zero-order chi connectivity index (χ0) is 12.9. The number of nitro groups is 1. The van der Waals surface area contributed by atoms with Gasteiger partial charge in [0.2, 0.25) is 10.0 Å². The zero-order valence-electron chi connectivity index (χ0n) is 8.87. The molecule has 0 aliphatic carbocycles. The van der Waals surface area contributed by atoms with E-state index in [0.717, 1.165) is 12.1 Å². The molecule has 0 atom stereocenters. The smallest absolute Gasteiger partial charge is 0.269 e. The first-order chi connectivity index (χ1) is 7.97. The van der Waals surface area contributed by atoms with Crippen LogP contribution in [0.2, 0.25) is 0 Å². The van der Waals surface area contributed by atoms with Gasteiger partial charge in [-0.05, 0) is 18.9 Å². The lowest BCUT2D eigenvalue weighted by atomic mass is 10.3. The van der Waals surface area contributed by atoms with Crippen LogP contribution in [0.4, 0.5) is 5.69 Å². The normalized spacial score (nSPS) is 11.1. The summed E-state index contributed by atoms with van der Waals surface area (Å²) in [6.07, 6.45) is 0. The summed E-state index contributed by atoms with van der Waals surface area (Å²) < 4.78 is 25.6. The molecule has 0 unspecified atom stereocenters. The maximum Gasteiger partial charge on any atom is 0.269 e. The fraction of sp³-hybridized carbons (Fsp3) is 0.222. The van der Waals surface area contributed by atoms with Gasteiger partial charge >= 0.3 is 0 Å². The van der Waals surface area contributed by atoms with Crippen molar-refractivity contribution in [1.29, 1.82) is 0 Å². The second-order valence-corrected chi connectivity index (χ2v) is 4.86. The molecule has 8 heteroatoms. The van der Waals surface area contributed by atoms with Gasteiger partial charge in [-0.25, -0.2) is 13.1 Å². The number of non-ortho nitro benzene ring substituents is 1. The first kappa shape index (κ1) is 13.3. The van der Waals surface area contributed by atoms with Gasteiger partial charge in [-0.15, -0.1) is 0 Å². The molecule has 0 heterocycles. The second-order valence-electron chi connectivity index (χ2n) is 3.10. The van der Waals surface area contributed by atoms with Gasteiger partial charge in [0.15, 0.2) is 0 Å². The quantitative estimate of drug-likeness (QED) is 0.348. The lowest BCUT2D eigenvalue weighted by Gasteiger charge is -2.04. The van der Waals surface area contributed by atoms with E-state index in [1.807, 2.05) is 0 Å². The molecule has 0 radical (unpaired) electrons. The lowest BCUT2D eigenvalue weighted by molar-refractivity contribution is -0.384. The van der Waals surface area contributed by atoms with Crippen LogP contribution in [-0.2, 0) is 10.0 Å². The summed E-state index contributed by atoms with van der Waals surface area (Å²) in [4.78, 5) is 13.3. The first-order valence-corrected chi connectivity index (χ1v) is 6.12. The molecule has 0 amide bonds. The number of aliphatic imine (C=N–C) groups is 1. The highest BCUT2D eigenvalue weighted by molar-refractivity contribution is 7.89. The van der Waals surface area contributed by atoms with E-state index in [4.69, 9.17) is 0 Å². The van der Waals surface area contributed by atoms with Crippen molar-refractivity contribution in [3.63, 3.8) is 0 Å². The molecule has 1 aromatic rings. The molecule has 0 aliphatic rings. The van der Waals surface area contributed by atoms with Crippen LogP contribution in [-0.4, -0.2) is 33.1 Å². The Morgan fingerprint density at radius 1 is 1.35 bits per heavy atom. The van der Waals surface area contributed by atoms with Crippen molar-refractivity contribution >= 4 is 22.4 Å². The Morgan fingerprint density at radius 2 is 1.94 bits per heavy atom. The van der Waals surface area contributed by atoms with Crippen molar-refractivity contribution in [2.45, 2.75) is 4.90 Å². The monoisotopic (exact) mass is 257 g/mol. The third-order valence-corrected chi connectivity index (χ3v) is 3.40. The number of hydrogen-bond acceptors (Lipinski definition) is 5. The van der Waals surface area contributed by atoms with Crippen LogP contribution in [0.5, 0.6) is 0 Å². The lowest BCUT2D eigenvalue weighted by Crippen LogP contribution is -2.26. The van der Waals surface area contributed by atoms with E-state index in [1.54, 1.807) is 0 Å². The summed E-state index contributed by atoms with van der Waals surface area (Å²) in [6.45, 7) is 3.64. The Labute approximate surface area is 98.4 Å². The highest BCUT2D eigenvalue weighted by Gasteiger charge is 2.14. The van der Waals surface area contributed by atoms with Gasteiger partial charge in [0.25, 0.3) is 5.69 Å². The van der Waals surface area contributed by atoms with Crippen LogP contribution >= 0.6 is 0 Å². The SMILES string of the molecule is C=NCCNS(=O)(=O)c1ccc([N+](=O)[O-])cc1. The van der Waals surface area contributed by atoms with Gasteiger partial charge in [-0.1, -0.05) is 0 Å². The second kappa shape index (κ2) is 5.51. The van der Waals surface area contributed by atoms with Crippen LogP contribution in [0.1, 0.15) is 0 Å². The van der Waals surface area contributed by atoms with E-state index < -0.39 is 14.9 Å². The molecule has 0 saturated carbocycles. The van der Waals surface area contributed by atoms with Crippen LogP contribution in [0, 0.1) is 10.1 Å². The van der Waals surface area contributed by atoms with Gasteiger partial charge in [0.1, 0.15) is 0 Å². The Bertz CT molecular complexity index is 510. The van der Waals surface area contributed by atoms with Crippen molar-refractivity contribution in [2.75, 3.05) is 13.1 Å². The number of nitro benzene ring substituents is 1. The molecule has 0 bridgehead atoms. The Balaban J connectivity index is 2.85. The van der Waals surface area contributed by atoms with Crippen molar-refractivity contribution in [2.24, 2.45) is 4.99 Å². The van der Waals surface area contributed by atoms with Gasteiger partial charge < -0.3 is 0 Å². The fourth-order valence-electron chi connectivity index (χ4n) is 1.09. The van der Waals surface area contributed by atoms with Gasteiger partial charge in [-0.3, -0.25) is 15.1 Å². The van der Waals surface area contributed by atoms with Gasteiger partial charge in [-0.2, -0.15) is 0 Å². The molecule has 0 aromatic heterocycles. The van der Waals surface area contributed by atoms with Crippen molar-refractivity contribution < 1.29 is 13.3 Å². The molecule has 92 valence electrons. The summed E-state index contributed by atoms with van der Waals surface area (Å²) in [5.41, 5.74) is -0.156. The molecule has 0 spiro atoms. The summed E-state index contributed by atoms with van der Waals surface area (Å²) in [7, 11) is -3.64. The topological polar surface area (TPSA) is 102 Å². The molecule has 0 saturated heterocycles. The van der Waals surface area contributed by atoms with E-state index in [9.17, 15) is 18.5 Å². The van der Waals surface area contributed by atoms with E-state index in [2.05, 4.69) is 16.4 Å². The number of nitrogens with zero attached hydrogens (tertiary/aromatic N) is 2. The van der Waals surface area contributed by atoms with Crippen molar-refractivity contribution in [3.8, 4) is 0 Å². The molecule has 0 aliphatic heterocycles. The molecule has 1 rings (SSSR count). The Hall–Kier alpha value is -1.80. The Morgan fingerprint density at radius 3 is 2.41 bits per heavy atom. The van der Waals surface area contributed by atoms with Crippen LogP contribution < -0.4 is 4.72 Å². The summed E-state index contributed by atoms with van der Waals surface area (Å²) in [5, 5.41) is 10.4. The minimum Gasteiger partial charge on any atom is -0.300 e. The molecule has 0 fully saturated rings. The van der Waals surface area contributed by atoms with Gasteiger partial charge in [0, 0.05) is 18.7 Å². The van der Waals surface area contributed by atoms with Crippen molar-refractivity contribution in [1.82, 2.24) is 4.72 Å². The predicted molar refractivity (Wildman–Crippen MR) is 62.7 cm³/mol. The number of hydrogen-bond donors (Lipinski definition) is 1. The zero-order valence-corrected chi connectivity index (χ0v) is 9.68. The number of nitrogens with one attached hydrogen (secondary N) is 1. The molecule has 17 heavy (non-hydrogen) atoms. The fourth-order valence-corrected chi connectivity index (χ4v) is 2.11. The molecule has 1 aromatic carbocycles. The van der Waals surface area contributed by atoms with Gasteiger partial charge in [0.05, 0.1) is 16.4 Å². The van der Waals surface area contributed by atoms with E-state index >= 15 is 0 Å². The summed E-state index contributed by atoms with van der Waals surface area (Å²) in [5.74, 6) is 0. The largest absolute Gasteiger partial charge is 0.300 e. The van der Waals surface area contributed by atoms with E-state index in [-0.39, 0.29) is 23.7 Å². The molecule has 1 N–H and O–H groups in total. The minimum atomic E-state index is -3.64. The third-order valence-electron chi connectivity index (χ3n) is 1.92. The standard InChI is InChI=1S/C9H11N3O4S/c1-10-6-7-11-17(15,16)9-4-2-8(3-5-9)12(13)14/h2-5,11H,1,6-7H2. The number of benzene rings is 1. The van der Waals surface area contributed by atoms with E-state index in [1.165, 1.54) is 12.1 Å². The maximum atomic E-state index is 11.6. The van der Waals surface area contributed by atoms with Crippen molar-refractivity contribution in [3.05, 3.63) is 34.4 Å². The van der Waals surface area contributed by atoms with Crippen LogP contribution in [0.25, 0.3) is 0 Å².